The van der Waals surface area contributed by atoms with Crippen LogP contribution in [-0.4, -0.2) is 23.8 Å². The maximum atomic E-state index is 10.8. The SMILES string of the molecule is CCC[C@@H](O)/C=C/CC(=O)OCC. The van der Waals surface area contributed by atoms with Crippen LogP contribution < -0.4 is 0 Å². The van der Waals surface area contributed by atoms with Gasteiger partial charge in [0.05, 0.1) is 19.1 Å². The molecule has 0 aliphatic heterocycles. The summed E-state index contributed by atoms with van der Waals surface area (Å²) < 4.78 is 4.71. The zero-order chi connectivity index (χ0) is 10.1. The summed E-state index contributed by atoms with van der Waals surface area (Å²) in [5.74, 6) is -0.248. The Bertz CT molecular complexity index is 164. The summed E-state index contributed by atoms with van der Waals surface area (Å²) in [4.78, 5) is 10.8. The lowest BCUT2D eigenvalue weighted by Crippen LogP contribution is -2.04. The minimum Gasteiger partial charge on any atom is -0.466 e. The summed E-state index contributed by atoms with van der Waals surface area (Å²) in [6.07, 6.45) is 4.77. The third kappa shape index (κ3) is 7.53. The van der Waals surface area contributed by atoms with E-state index in [-0.39, 0.29) is 12.4 Å². The van der Waals surface area contributed by atoms with E-state index in [1.165, 1.54) is 0 Å². The van der Waals surface area contributed by atoms with E-state index in [9.17, 15) is 9.90 Å². The molecular formula is C10H18O3. The molecule has 0 amide bonds. The van der Waals surface area contributed by atoms with E-state index < -0.39 is 6.10 Å². The second kappa shape index (κ2) is 7.80. The number of hydrogen-bond donors (Lipinski definition) is 1. The van der Waals surface area contributed by atoms with Crippen molar-refractivity contribution in [3.63, 3.8) is 0 Å². The zero-order valence-corrected chi connectivity index (χ0v) is 8.32. The molecule has 0 aliphatic carbocycles. The van der Waals surface area contributed by atoms with E-state index in [2.05, 4.69) is 0 Å². The first-order chi connectivity index (χ1) is 6.20. The first kappa shape index (κ1) is 12.2. The average molecular weight is 186 g/mol. The van der Waals surface area contributed by atoms with Gasteiger partial charge in [-0.25, -0.2) is 0 Å². The van der Waals surface area contributed by atoms with E-state index in [0.29, 0.717) is 6.61 Å². The van der Waals surface area contributed by atoms with Gasteiger partial charge in [0, 0.05) is 0 Å². The van der Waals surface area contributed by atoms with Gasteiger partial charge in [-0.05, 0) is 13.3 Å². The maximum Gasteiger partial charge on any atom is 0.309 e. The molecule has 0 spiro atoms. The van der Waals surface area contributed by atoms with Crippen molar-refractivity contribution in [2.45, 2.75) is 39.2 Å². The summed E-state index contributed by atoms with van der Waals surface area (Å²) in [5, 5.41) is 9.25. The fraction of sp³-hybridized carbons (Fsp3) is 0.700. The maximum absolute atomic E-state index is 10.8. The van der Waals surface area contributed by atoms with Gasteiger partial charge in [-0.15, -0.1) is 0 Å². The zero-order valence-electron chi connectivity index (χ0n) is 8.32. The summed E-state index contributed by atoms with van der Waals surface area (Å²) in [6, 6.07) is 0. The summed E-state index contributed by atoms with van der Waals surface area (Å²) >= 11 is 0. The number of ether oxygens (including phenoxy) is 1. The van der Waals surface area contributed by atoms with E-state index in [1.807, 2.05) is 6.92 Å². The highest BCUT2D eigenvalue weighted by molar-refractivity contribution is 5.71. The lowest BCUT2D eigenvalue weighted by Gasteiger charge is -2.01. The van der Waals surface area contributed by atoms with Crippen LogP contribution in [0.4, 0.5) is 0 Å². The number of carbonyl (C=O) groups excluding carboxylic acids is 1. The van der Waals surface area contributed by atoms with Gasteiger partial charge in [0.15, 0.2) is 0 Å². The van der Waals surface area contributed by atoms with Crippen LogP contribution >= 0.6 is 0 Å². The monoisotopic (exact) mass is 186 g/mol. The Balaban J connectivity index is 3.55. The molecular weight excluding hydrogens is 168 g/mol. The highest BCUT2D eigenvalue weighted by Gasteiger charge is 1.98. The second-order valence-corrected chi connectivity index (χ2v) is 2.79. The molecule has 13 heavy (non-hydrogen) atoms. The van der Waals surface area contributed by atoms with Crippen molar-refractivity contribution in [2.75, 3.05) is 6.61 Å². The van der Waals surface area contributed by atoms with Crippen LogP contribution in [0.2, 0.25) is 0 Å². The summed E-state index contributed by atoms with van der Waals surface area (Å²) in [5.41, 5.74) is 0. The molecule has 1 atom stereocenters. The standard InChI is InChI=1S/C10H18O3/c1-3-6-9(11)7-5-8-10(12)13-4-2/h5,7,9,11H,3-4,6,8H2,1-2H3/b7-5+/t9-/m1/s1. The topological polar surface area (TPSA) is 46.5 Å². The summed E-state index contributed by atoms with van der Waals surface area (Å²) in [6.45, 7) is 4.18. The van der Waals surface area contributed by atoms with Crippen molar-refractivity contribution in [2.24, 2.45) is 0 Å². The Kier molecular flexibility index (Phi) is 7.30. The highest BCUT2D eigenvalue weighted by atomic mass is 16.5. The number of aliphatic hydroxyl groups is 1. The van der Waals surface area contributed by atoms with Crippen LogP contribution in [0, 0.1) is 0 Å². The minimum atomic E-state index is -0.431. The van der Waals surface area contributed by atoms with Gasteiger partial charge in [-0.1, -0.05) is 25.5 Å². The van der Waals surface area contributed by atoms with Gasteiger partial charge in [0.25, 0.3) is 0 Å². The van der Waals surface area contributed by atoms with E-state index in [4.69, 9.17) is 4.74 Å². The number of rotatable bonds is 6. The van der Waals surface area contributed by atoms with Crippen LogP contribution in [0.5, 0.6) is 0 Å². The fourth-order valence-electron chi connectivity index (χ4n) is 0.933. The average Bonchev–Trinajstić information content (AvgIpc) is 2.05. The smallest absolute Gasteiger partial charge is 0.309 e. The van der Waals surface area contributed by atoms with Crippen molar-refractivity contribution >= 4 is 5.97 Å². The quantitative estimate of drug-likeness (QED) is 0.507. The van der Waals surface area contributed by atoms with Gasteiger partial charge >= 0.3 is 5.97 Å². The van der Waals surface area contributed by atoms with Gasteiger partial charge in [-0.3, -0.25) is 4.79 Å². The minimum absolute atomic E-state index is 0.245. The lowest BCUT2D eigenvalue weighted by atomic mass is 10.2. The fourth-order valence-corrected chi connectivity index (χ4v) is 0.933. The number of hydrogen-bond acceptors (Lipinski definition) is 3. The third-order valence-electron chi connectivity index (χ3n) is 1.53. The van der Waals surface area contributed by atoms with Crippen molar-refractivity contribution in [3.8, 4) is 0 Å². The summed E-state index contributed by atoms with van der Waals surface area (Å²) in [7, 11) is 0. The van der Waals surface area contributed by atoms with Crippen molar-refractivity contribution in [1.29, 1.82) is 0 Å². The normalized spacial score (nSPS) is 13.2. The molecule has 0 aliphatic rings. The Morgan fingerprint density at radius 1 is 1.54 bits per heavy atom. The van der Waals surface area contributed by atoms with Gasteiger partial charge < -0.3 is 9.84 Å². The Hall–Kier alpha value is -0.830. The van der Waals surface area contributed by atoms with Gasteiger partial charge in [-0.2, -0.15) is 0 Å². The van der Waals surface area contributed by atoms with Crippen LogP contribution in [0.15, 0.2) is 12.2 Å². The Morgan fingerprint density at radius 2 is 2.23 bits per heavy atom. The second-order valence-electron chi connectivity index (χ2n) is 2.79. The molecule has 0 saturated carbocycles. The molecule has 0 rings (SSSR count). The predicted octanol–water partition coefficient (Wildman–Crippen LogP) is 1.66. The first-order valence-electron chi connectivity index (χ1n) is 4.71. The number of carbonyl (C=O) groups is 1. The van der Waals surface area contributed by atoms with Crippen molar-refractivity contribution in [3.05, 3.63) is 12.2 Å². The molecule has 0 unspecified atom stereocenters. The largest absolute Gasteiger partial charge is 0.466 e. The Labute approximate surface area is 79.4 Å². The molecule has 0 aromatic heterocycles. The third-order valence-corrected chi connectivity index (χ3v) is 1.53. The molecule has 0 radical (unpaired) electrons. The molecule has 0 heterocycles. The van der Waals surface area contributed by atoms with Crippen LogP contribution in [0.1, 0.15) is 33.1 Å². The highest BCUT2D eigenvalue weighted by Crippen LogP contribution is 1.98. The predicted molar refractivity (Wildman–Crippen MR) is 51.3 cm³/mol. The molecule has 0 aromatic carbocycles. The van der Waals surface area contributed by atoms with Crippen molar-refractivity contribution in [1.82, 2.24) is 0 Å². The van der Waals surface area contributed by atoms with E-state index >= 15 is 0 Å². The first-order valence-corrected chi connectivity index (χ1v) is 4.71. The van der Waals surface area contributed by atoms with Crippen molar-refractivity contribution < 1.29 is 14.6 Å². The van der Waals surface area contributed by atoms with Crippen LogP contribution in [-0.2, 0) is 9.53 Å². The van der Waals surface area contributed by atoms with Gasteiger partial charge in [0.2, 0.25) is 0 Å². The molecule has 0 saturated heterocycles. The lowest BCUT2D eigenvalue weighted by molar-refractivity contribution is -0.142. The molecule has 3 heteroatoms. The van der Waals surface area contributed by atoms with Crippen LogP contribution in [0.3, 0.4) is 0 Å². The molecule has 0 aromatic rings. The Morgan fingerprint density at radius 3 is 2.77 bits per heavy atom. The van der Waals surface area contributed by atoms with E-state index in [1.54, 1.807) is 19.1 Å². The molecule has 1 N–H and O–H groups in total. The molecule has 0 bridgehead atoms. The molecule has 3 nitrogen and oxygen atoms in total. The molecule has 0 fully saturated rings. The number of aliphatic hydroxyl groups excluding tert-OH is 1. The van der Waals surface area contributed by atoms with Gasteiger partial charge in [0.1, 0.15) is 0 Å². The van der Waals surface area contributed by atoms with Crippen LogP contribution in [0.25, 0.3) is 0 Å². The van der Waals surface area contributed by atoms with E-state index in [0.717, 1.165) is 12.8 Å². The molecule has 76 valence electrons. The number of esters is 1.